The van der Waals surface area contributed by atoms with Gasteiger partial charge in [0.2, 0.25) is 0 Å². The highest BCUT2D eigenvalue weighted by atomic mass is 35.5. The van der Waals surface area contributed by atoms with Crippen LogP contribution in [0.4, 0.5) is 17.1 Å². The van der Waals surface area contributed by atoms with Gasteiger partial charge in [-0.3, -0.25) is 34.5 Å². The summed E-state index contributed by atoms with van der Waals surface area (Å²) < 4.78 is 37.7. The van der Waals surface area contributed by atoms with Crippen LogP contribution >= 0.6 is 11.6 Å². The van der Waals surface area contributed by atoms with Crippen LogP contribution in [0.5, 0.6) is 0 Å². The van der Waals surface area contributed by atoms with Crippen molar-refractivity contribution < 1.29 is 22.9 Å². The van der Waals surface area contributed by atoms with E-state index in [0.29, 0.717) is 41.6 Å². The van der Waals surface area contributed by atoms with Gasteiger partial charge in [-0.1, -0.05) is 43.2 Å². The lowest BCUT2D eigenvalue weighted by atomic mass is 9.72. The minimum absolute atomic E-state index is 0.0674. The number of halogens is 1. The molecule has 5 heterocycles. The highest BCUT2D eigenvalue weighted by Crippen LogP contribution is 2.43. The van der Waals surface area contributed by atoms with Gasteiger partial charge in [0.25, 0.3) is 21.6 Å². The Labute approximate surface area is 388 Å². The minimum Gasteiger partial charge on any atom is -0.377 e. The van der Waals surface area contributed by atoms with Crippen molar-refractivity contribution in [3.8, 4) is 5.69 Å². The van der Waals surface area contributed by atoms with Crippen LogP contribution in [0.25, 0.3) is 33.3 Å². The van der Waals surface area contributed by atoms with Crippen molar-refractivity contribution >= 4 is 72.2 Å². The van der Waals surface area contributed by atoms with Crippen LogP contribution in [0.1, 0.15) is 61.9 Å². The van der Waals surface area contributed by atoms with Gasteiger partial charge in [-0.05, 0) is 103 Å². The van der Waals surface area contributed by atoms with Gasteiger partial charge in [-0.15, -0.1) is 0 Å². The molecular weight excluding hydrogens is 880 g/mol. The number of nitro groups is 1. The molecule has 10 rings (SSSR count). The lowest BCUT2D eigenvalue weighted by molar-refractivity contribution is -0.384. The molecule has 0 spiro atoms. The third kappa shape index (κ3) is 9.27. The van der Waals surface area contributed by atoms with Crippen molar-refractivity contribution in [1.29, 1.82) is 0 Å². The summed E-state index contributed by atoms with van der Waals surface area (Å²) in [5, 5.41) is 20.1. The van der Waals surface area contributed by atoms with E-state index in [9.17, 15) is 23.3 Å². The van der Waals surface area contributed by atoms with E-state index in [2.05, 4.69) is 65.8 Å². The van der Waals surface area contributed by atoms with Crippen molar-refractivity contribution in [2.45, 2.75) is 63.0 Å². The Morgan fingerprint density at radius 1 is 1.02 bits per heavy atom. The van der Waals surface area contributed by atoms with Gasteiger partial charge in [-0.25, -0.2) is 23.1 Å². The Balaban J connectivity index is 0.894. The molecule has 1 saturated carbocycles. The molecule has 0 radical (unpaired) electrons. The number of pyridine rings is 1. The molecular formula is C48H53ClN10O6S. The number of fused-ring (bicyclic) bond motifs is 2. The molecule has 2 aliphatic heterocycles. The summed E-state index contributed by atoms with van der Waals surface area (Å²) in [5.74, 6) is -0.902. The summed E-state index contributed by atoms with van der Waals surface area (Å²) in [6.07, 6.45) is 8.76. The second-order valence-electron chi connectivity index (χ2n) is 18.7. The van der Waals surface area contributed by atoms with Gasteiger partial charge in [0, 0.05) is 93.0 Å². The standard InChI is InChI=1S/C48H53ClN10O6S/c1-48(2)15-13-33(40(26-48)31-3-5-34(49)6-4-31)29-55-17-19-56(20-18-55)36-9-11-39(43(24-36)58-44-23-32-14-16-50-46(32)53-42(44)28-52-58)47(60)54-66(63,64)38-10-12-41(45(25-38)59(61)62)51-27-37-30-57(21-22-65-37)35-7-8-35/h3-6,9-12,14,16,23-25,28,35,37,51-52H,7-8,13,15,17-22,26-27,29-30H2,1-2H3,(H,54,60)/t37-/m0/s1. The van der Waals surface area contributed by atoms with E-state index in [-0.39, 0.29) is 22.8 Å². The Bertz CT molecular complexity index is 2970. The molecule has 66 heavy (non-hydrogen) atoms. The second-order valence-corrected chi connectivity index (χ2v) is 20.8. The molecule has 344 valence electrons. The summed E-state index contributed by atoms with van der Waals surface area (Å²) >= 11 is 6.26. The molecule has 3 aromatic heterocycles. The van der Waals surface area contributed by atoms with Crippen molar-refractivity contribution in [2.75, 3.05) is 69.2 Å². The molecule has 2 aliphatic carbocycles. The zero-order valence-corrected chi connectivity index (χ0v) is 38.6. The van der Waals surface area contributed by atoms with Gasteiger partial charge in [0.1, 0.15) is 11.2 Å². The first-order valence-electron chi connectivity index (χ1n) is 22.6. The van der Waals surface area contributed by atoms with Crippen molar-refractivity contribution in [3.05, 3.63) is 117 Å². The van der Waals surface area contributed by atoms with Crippen LogP contribution < -0.4 is 14.9 Å². The third-order valence-corrected chi connectivity index (χ3v) is 15.1. The van der Waals surface area contributed by atoms with Gasteiger partial charge in [-0.2, -0.15) is 0 Å². The topological polar surface area (TPSA) is 184 Å². The number of H-pyrrole nitrogens is 1. The molecule has 0 bridgehead atoms. The molecule has 6 aromatic rings. The molecule has 1 atom stereocenters. The molecule has 2 saturated heterocycles. The predicted octanol–water partition coefficient (Wildman–Crippen LogP) is 7.64. The van der Waals surface area contributed by atoms with Crippen LogP contribution in [0, 0.1) is 15.5 Å². The number of benzene rings is 3. The largest absolute Gasteiger partial charge is 0.377 e. The SMILES string of the molecule is CC1(C)CCC(CN2CCN(c3ccc(C(=O)NS(=O)(=O)c4ccc(NC[C@H]5CN(C6CC6)CCO5)c([N+](=O)[O-])c4)c(-n4[nH]cc5nc6nccc6cc54)c3)CC2)=C(c2ccc(Cl)cc2)C1. The zero-order valence-electron chi connectivity index (χ0n) is 37.0. The number of hydrogen-bond donors (Lipinski definition) is 3. The lowest BCUT2D eigenvalue weighted by Crippen LogP contribution is -2.47. The maximum absolute atomic E-state index is 14.3. The summed E-state index contributed by atoms with van der Waals surface area (Å²) in [7, 11) is -4.58. The number of piperazine rings is 1. The molecule has 4 aliphatic rings. The first-order chi connectivity index (χ1) is 31.8. The molecule has 3 N–H and O–H groups in total. The van der Waals surface area contributed by atoms with Crippen LogP contribution in [-0.4, -0.2) is 120 Å². The summed E-state index contributed by atoms with van der Waals surface area (Å²) in [6, 6.07) is 21.5. The number of allylic oxidation sites excluding steroid dienone is 1. The highest BCUT2D eigenvalue weighted by Gasteiger charge is 2.34. The van der Waals surface area contributed by atoms with Gasteiger partial charge in [0.15, 0.2) is 5.65 Å². The quantitative estimate of drug-likeness (QED) is 0.0761. The Morgan fingerprint density at radius 2 is 1.82 bits per heavy atom. The molecule has 0 unspecified atom stereocenters. The average Bonchev–Trinajstić information content (AvgIpc) is 3.93. The predicted molar refractivity (Wildman–Crippen MR) is 256 cm³/mol. The van der Waals surface area contributed by atoms with Gasteiger partial charge in [0.05, 0.1) is 39.3 Å². The molecule has 1 amide bonds. The number of sulfonamides is 1. The number of hydrogen-bond acceptors (Lipinski definition) is 12. The number of nitrogens with zero attached hydrogens (tertiary/aromatic N) is 7. The first-order valence-corrected chi connectivity index (χ1v) is 24.5. The fourth-order valence-electron chi connectivity index (χ4n) is 9.68. The fourth-order valence-corrected chi connectivity index (χ4v) is 10.8. The smallest absolute Gasteiger partial charge is 0.293 e. The van der Waals surface area contributed by atoms with Crippen LogP contribution in [-0.2, 0) is 14.8 Å². The monoisotopic (exact) mass is 932 g/mol. The van der Waals surface area contributed by atoms with E-state index < -0.39 is 31.4 Å². The Kier molecular flexibility index (Phi) is 11.8. The number of nitrogens with one attached hydrogen (secondary N) is 3. The molecule has 18 heteroatoms. The number of anilines is 2. The number of aromatic amines is 1. The number of amides is 1. The van der Waals surface area contributed by atoms with E-state index in [1.807, 2.05) is 36.4 Å². The van der Waals surface area contributed by atoms with E-state index in [1.54, 1.807) is 23.1 Å². The molecule has 3 aromatic carbocycles. The zero-order chi connectivity index (χ0) is 45.7. The Morgan fingerprint density at radius 3 is 2.59 bits per heavy atom. The maximum atomic E-state index is 14.3. The average molecular weight is 934 g/mol. The number of carbonyl (C=O) groups excluding carboxylic acids is 1. The number of nitro benzene ring substituents is 1. The fraction of sp³-hybridized carbons (Fsp3) is 0.396. The van der Waals surface area contributed by atoms with Gasteiger partial charge < -0.3 is 15.0 Å². The van der Waals surface area contributed by atoms with E-state index in [0.717, 1.165) is 87.2 Å². The van der Waals surface area contributed by atoms with Crippen LogP contribution in [0.15, 0.2) is 95.7 Å². The van der Waals surface area contributed by atoms with Gasteiger partial charge >= 0.3 is 0 Å². The van der Waals surface area contributed by atoms with Crippen LogP contribution in [0.3, 0.4) is 0 Å². The minimum atomic E-state index is -4.58. The number of aromatic nitrogens is 4. The Hall–Kier alpha value is -5.85. The third-order valence-electron chi connectivity index (χ3n) is 13.5. The summed E-state index contributed by atoms with van der Waals surface area (Å²) in [6.45, 7) is 11.2. The summed E-state index contributed by atoms with van der Waals surface area (Å²) in [5.41, 5.74) is 7.25. The number of rotatable bonds is 13. The second kappa shape index (κ2) is 17.8. The molecule has 16 nitrogen and oxygen atoms in total. The number of carbonyl (C=O) groups is 1. The molecule has 3 fully saturated rings. The number of ether oxygens (including phenoxy) is 1. The van der Waals surface area contributed by atoms with Crippen LogP contribution in [0.2, 0.25) is 5.02 Å². The lowest BCUT2D eigenvalue weighted by Gasteiger charge is -2.39. The van der Waals surface area contributed by atoms with Crippen molar-refractivity contribution in [3.63, 3.8) is 0 Å². The highest BCUT2D eigenvalue weighted by molar-refractivity contribution is 7.90. The van der Waals surface area contributed by atoms with E-state index in [4.69, 9.17) is 16.3 Å². The maximum Gasteiger partial charge on any atom is 0.293 e. The normalized spacial score (nSPS) is 19.7. The first kappa shape index (κ1) is 44.0. The van der Waals surface area contributed by atoms with Crippen molar-refractivity contribution in [2.24, 2.45) is 5.41 Å². The number of morpholine rings is 1. The van der Waals surface area contributed by atoms with E-state index in [1.165, 1.54) is 41.7 Å². The summed E-state index contributed by atoms with van der Waals surface area (Å²) in [4.78, 5) is 41.7. The van der Waals surface area contributed by atoms with Crippen molar-refractivity contribution in [1.82, 2.24) is 34.3 Å². The van der Waals surface area contributed by atoms with E-state index >= 15 is 0 Å².